The molecule has 3 N–H and O–H groups in total. The zero-order valence-corrected chi connectivity index (χ0v) is 21.8. The second kappa shape index (κ2) is 13.8. The minimum atomic E-state index is -1.32. The molecule has 1 amide bonds. The van der Waals surface area contributed by atoms with Crippen molar-refractivity contribution in [3.8, 4) is 5.75 Å². The summed E-state index contributed by atoms with van der Waals surface area (Å²) in [7, 11) is 1.61. The number of ether oxygens (including phenoxy) is 1. The summed E-state index contributed by atoms with van der Waals surface area (Å²) in [5.74, 6) is 0.606. The SMILES string of the molecule is CC.CC.COc1cc(Nc2ncc(C(O)NC(=O)c3ccc(Br)s3)nn2)cc(C)c1C. The number of aryl methyl sites for hydroxylation is 1. The molecule has 2 heterocycles. The van der Waals surface area contributed by atoms with Crippen molar-refractivity contribution >= 4 is 44.8 Å². The molecule has 174 valence electrons. The lowest BCUT2D eigenvalue weighted by atomic mass is 10.1. The van der Waals surface area contributed by atoms with Gasteiger partial charge < -0.3 is 20.5 Å². The molecule has 1 aromatic carbocycles. The Morgan fingerprint density at radius 3 is 2.38 bits per heavy atom. The predicted molar refractivity (Wildman–Crippen MR) is 133 cm³/mol. The van der Waals surface area contributed by atoms with Gasteiger partial charge in [-0.3, -0.25) is 4.79 Å². The largest absolute Gasteiger partial charge is 0.496 e. The first-order valence-electron chi connectivity index (χ1n) is 10.2. The Hall–Kier alpha value is -2.56. The van der Waals surface area contributed by atoms with Crippen molar-refractivity contribution in [3.05, 3.63) is 55.9 Å². The summed E-state index contributed by atoms with van der Waals surface area (Å²) in [5, 5.41) is 23.5. The molecule has 1 atom stereocenters. The number of thiophene rings is 1. The molecule has 0 aliphatic rings. The molecule has 1 unspecified atom stereocenters. The number of hydrogen-bond acceptors (Lipinski definition) is 8. The number of amides is 1. The van der Waals surface area contributed by atoms with Crippen molar-refractivity contribution in [1.82, 2.24) is 20.5 Å². The highest BCUT2D eigenvalue weighted by Gasteiger charge is 2.16. The molecule has 0 aliphatic heterocycles. The van der Waals surface area contributed by atoms with Crippen molar-refractivity contribution < 1.29 is 14.6 Å². The van der Waals surface area contributed by atoms with E-state index in [1.807, 2.05) is 53.7 Å². The number of anilines is 2. The predicted octanol–water partition coefficient (Wildman–Crippen LogP) is 5.54. The Labute approximate surface area is 201 Å². The third kappa shape index (κ3) is 7.54. The van der Waals surface area contributed by atoms with E-state index in [4.69, 9.17) is 4.74 Å². The Morgan fingerprint density at radius 1 is 1.16 bits per heavy atom. The molecule has 0 fully saturated rings. The Morgan fingerprint density at radius 2 is 1.84 bits per heavy atom. The molecule has 8 nitrogen and oxygen atoms in total. The molecule has 2 aromatic heterocycles. The van der Waals surface area contributed by atoms with Crippen LogP contribution in [0.25, 0.3) is 0 Å². The molecule has 10 heteroatoms. The van der Waals surface area contributed by atoms with Gasteiger partial charge in [0.25, 0.3) is 5.91 Å². The highest BCUT2D eigenvalue weighted by Crippen LogP contribution is 2.27. The molecule has 0 aliphatic carbocycles. The van der Waals surface area contributed by atoms with Gasteiger partial charge >= 0.3 is 0 Å². The van der Waals surface area contributed by atoms with Crippen LogP contribution in [0.5, 0.6) is 5.75 Å². The molecule has 0 spiro atoms. The van der Waals surface area contributed by atoms with Crippen molar-refractivity contribution in [2.24, 2.45) is 0 Å². The van der Waals surface area contributed by atoms with Crippen LogP contribution in [0.15, 0.2) is 34.2 Å². The summed E-state index contributed by atoms with van der Waals surface area (Å²) >= 11 is 4.56. The fourth-order valence-electron chi connectivity index (χ4n) is 2.41. The Bertz CT molecular complexity index is 996. The van der Waals surface area contributed by atoms with Crippen molar-refractivity contribution in [2.45, 2.75) is 47.8 Å². The van der Waals surface area contributed by atoms with Gasteiger partial charge in [-0.15, -0.1) is 21.5 Å². The number of rotatable bonds is 6. The van der Waals surface area contributed by atoms with Gasteiger partial charge in [-0.05, 0) is 59.1 Å². The zero-order chi connectivity index (χ0) is 24.3. The minimum absolute atomic E-state index is 0.132. The number of aliphatic hydroxyl groups excluding tert-OH is 1. The van der Waals surface area contributed by atoms with E-state index in [1.165, 1.54) is 17.5 Å². The van der Waals surface area contributed by atoms with E-state index in [0.717, 1.165) is 26.4 Å². The summed E-state index contributed by atoms with van der Waals surface area (Å²) in [5.41, 5.74) is 3.00. The molecule has 0 radical (unpaired) electrons. The van der Waals surface area contributed by atoms with E-state index in [9.17, 15) is 9.90 Å². The highest BCUT2D eigenvalue weighted by molar-refractivity contribution is 9.11. The van der Waals surface area contributed by atoms with Crippen LogP contribution in [0.3, 0.4) is 0 Å². The van der Waals surface area contributed by atoms with Gasteiger partial charge in [0, 0.05) is 11.8 Å². The van der Waals surface area contributed by atoms with Gasteiger partial charge in [-0.25, -0.2) is 4.98 Å². The van der Waals surface area contributed by atoms with Crippen LogP contribution in [-0.4, -0.2) is 33.3 Å². The monoisotopic (exact) mass is 523 g/mol. The topological polar surface area (TPSA) is 109 Å². The van der Waals surface area contributed by atoms with Crippen LogP contribution in [-0.2, 0) is 0 Å². The van der Waals surface area contributed by atoms with Gasteiger partial charge in [0.05, 0.1) is 22.0 Å². The van der Waals surface area contributed by atoms with E-state index in [-0.39, 0.29) is 11.6 Å². The first-order chi connectivity index (χ1) is 15.4. The summed E-state index contributed by atoms with van der Waals surface area (Å²) in [6.07, 6.45) is 0.0345. The van der Waals surface area contributed by atoms with Crippen molar-refractivity contribution in [2.75, 3.05) is 12.4 Å². The summed E-state index contributed by atoms with van der Waals surface area (Å²) in [4.78, 5) is 16.7. The number of halogens is 1. The number of hydrogen-bond donors (Lipinski definition) is 3. The van der Waals surface area contributed by atoms with Gasteiger partial charge in [-0.1, -0.05) is 27.7 Å². The smallest absolute Gasteiger partial charge is 0.263 e. The van der Waals surface area contributed by atoms with Crippen LogP contribution >= 0.6 is 27.3 Å². The lowest BCUT2D eigenvalue weighted by Gasteiger charge is -2.13. The van der Waals surface area contributed by atoms with Crippen LogP contribution in [0, 0.1) is 13.8 Å². The Balaban J connectivity index is 0.00000121. The molecular weight excluding hydrogens is 494 g/mol. The fourth-order valence-corrected chi connectivity index (χ4v) is 3.70. The summed E-state index contributed by atoms with van der Waals surface area (Å²) < 4.78 is 6.18. The third-order valence-electron chi connectivity index (χ3n) is 4.02. The summed E-state index contributed by atoms with van der Waals surface area (Å²) in [6, 6.07) is 7.21. The molecular formula is C22H30BrN5O3S. The maximum atomic E-state index is 12.1. The van der Waals surface area contributed by atoms with E-state index < -0.39 is 12.1 Å². The molecule has 32 heavy (non-hydrogen) atoms. The lowest BCUT2D eigenvalue weighted by molar-refractivity contribution is 0.0775. The number of aliphatic hydroxyl groups is 1. The number of carbonyl (C=O) groups excluding carboxylic acids is 1. The van der Waals surface area contributed by atoms with Gasteiger partial charge in [-0.2, -0.15) is 0 Å². The molecule has 3 aromatic rings. The van der Waals surface area contributed by atoms with Crippen LogP contribution in [0.4, 0.5) is 11.6 Å². The number of nitrogens with zero attached hydrogens (tertiary/aromatic N) is 3. The van der Waals surface area contributed by atoms with E-state index >= 15 is 0 Å². The first kappa shape index (κ1) is 27.5. The number of nitrogens with one attached hydrogen (secondary N) is 2. The average Bonchev–Trinajstić information content (AvgIpc) is 3.25. The van der Waals surface area contributed by atoms with Crippen LogP contribution in [0.1, 0.15) is 60.4 Å². The number of methoxy groups -OCH3 is 1. The second-order valence-corrected chi connectivity index (χ2v) is 8.39. The van der Waals surface area contributed by atoms with E-state index in [1.54, 1.807) is 19.2 Å². The van der Waals surface area contributed by atoms with Crippen molar-refractivity contribution in [3.63, 3.8) is 0 Å². The van der Waals surface area contributed by atoms with E-state index in [2.05, 4.69) is 41.7 Å². The van der Waals surface area contributed by atoms with Gasteiger partial charge in [0.2, 0.25) is 5.95 Å². The zero-order valence-electron chi connectivity index (χ0n) is 19.4. The maximum absolute atomic E-state index is 12.1. The number of aromatic nitrogens is 3. The maximum Gasteiger partial charge on any atom is 0.263 e. The number of benzene rings is 1. The third-order valence-corrected chi connectivity index (χ3v) is 5.64. The number of carbonyl (C=O) groups is 1. The van der Waals surface area contributed by atoms with Crippen molar-refractivity contribution in [1.29, 1.82) is 0 Å². The molecule has 0 saturated carbocycles. The van der Waals surface area contributed by atoms with Crippen LogP contribution < -0.4 is 15.4 Å². The summed E-state index contributed by atoms with van der Waals surface area (Å²) in [6.45, 7) is 12.0. The van der Waals surface area contributed by atoms with Gasteiger partial charge in [0.1, 0.15) is 11.4 Å². The molecule has 0 saturated heterocycles. The molecule has 3 rings (SSSR count). The lowest BCUT2D eigenvalue weighted by Crippen LogP contribution is -2.28. The normalized spacial score (nSPS) is 10.7. The first-order valence-corrected chi connectivity index (χ1v) is 11.8. The second-order valence-electron chi connectivity index (χ2n) is 5.93. The molecule has 0 bridgehead atoms. The standard InChI is InChI=1S/C18H18BrN5O3S.2C2H6/c1-9-6-11(7-13(27-3)10(9)2)21-18-20-8-12(23-24-18)16(25)22-17(26)14-4-5-15(19)28-14;2*1-2/h4-8,16,25H,1-3H3,(H,22,26)(H,20,21,24);2*1-2H3. The highest BCUT2D eigenvalue weighted by atomic mass is 79.9. The van der Waals surface area contributed by atoms with E-state index in [0.29, 0.717) is 4.88 Å². The average molecular weight is 524 g/mol. The Kier molecular flexibility index (Phi) is 11.8. The van der Waals surface area contributed by atoms with Crippen LogP contribution in [0.2, 0.25) is 0 Å². The quantitative estimate of drug-likeness (QED) is 0.364. The van der Waals surface area contributed by atoms with Gasteiger partial charge in [0.15, 0.2) is 6.23 Å². The fraction of sp³-hybridized carbons (Fsp3) is 0.364. The minimum Gasteiger partial charge on any atom is -0.496 e.